The number of aryl methyl sites for hydroxylation is 3. The Morgan fingerprint density at radius 1 is 1.04 bits per heavy atom. The smallest absolute Gasteiger partial charge is 0.374 e. The molecule has 0 aliphatic rings. The number of carbonyl (C=O) groups is 2. The van der Waals surface area contributed by atoms with Gasteiger partial charge in [0.05, 0.1) is 7.11 Å². The number of rotatable bonds is 6. The third-order valence-corrected chi connectivity index (χ3v) is 3.27. The first-order chi connectivity index (χ1) is 11.4. The molecule has 0 atom stereocenters. The van der Waals surface area contributed by atoms with E-state index in [0.29, 0.717) is 17.1 Å². The number of ether oxygens (including phenoxy) is 3. The van der Waals surface area contributed by atoms with Crippen LogP contribution in [0.5, 0.6) is 5.75 Å². The van der Waals surface area contributed by atoms with E-state index in [1.165, 1.54) is 7.11 Å². The van der Waals surface area contributed by atoms with Crippen LogP contribution >= 0.6 is 0 Å². The van der Waals surface area contributed by atoms with E-state index in [0.717, 1.165) is 11.1 Å². The summed E-state index contributed by atoms with van der Waals surface area (Å²) >= 11 is 0. The molecule has 0 spiro atoms. The van der Waals surface area contributed by atoms with Crippen molar-refractivity contribution in [3.8, 4) is 5.75 Å². The second kappa shape index (κ2) is 7.68. The van der Waals surface area contributed by atoms with Crippen molar-refractivity contribution in [2.45, 2.75) is 27.4 Å². The zero-order valence-corrected chi connectivity index (χ0v) is 14.2. The quantitative estimate of drug-likeness (QED) is 0.757. The third-order valence-electron chi connectivity index (χ3n) is 3.27. The molecule has 0 N–H and O–H groups in total. The van der Waals surface area contributed by atoms with Gasteiger partial charge in [0.25, 0.3) is 0 Å². The third kappa shape index (κ3) is 4.62. The summed E-state index contributed by atoms with van der Waals surface area (Å²) in [6, 6.07) is 7.34. The van der Waals surface area contributed by atoms with Crippen molar-refractivity contribution < 1.29 is 28.2 Å². The van der Waals surface area contributed by atoms with Crippen LogP contribution in [0, 0.1) is 20.8 Å². The molecule has 6 heteroatoms. The molecule has 0 amide bonds. The Morgan fingerprint density at radius 3 is 2.33 bits per heavy atom. The van der Waals surface area contributed by atoms with E-state index in [2.05, 4.69) is 4.74 Å². The molecule has 0 fully saturated rings. The fraction of sp³-hybridized carbons (Fsp3) is 0.333. The lowest BCUT2D eigenvalue weighted by atomic mass is 10.1. The largest absolute Gasteiger partial charge is 0.482 e. The highest BCUT2D eigenvalue weighted by Crippen LogP contribution is 2.18. The zero-order valence-electron chi connectivity index (χ0n) is 14.2. The Kier molecular flexibility index (Phi) is 5.63. The number of esters is 2. The van der Waals surface area contributed by atoms with Gasteiger partial charge in [-0.25, -0.2) is 9.59 Å². The van der Waals surface area contributed by atoms with Crippen LogP contribution in [0.25, 0.3) is 0 Å². The van der Waals surface area contributed by atoms with Crippen LogP contribution in [0.4, 0.5) is 0 Å². The zero-order chi connectivity index (χ0) is 17.7. The molecule has 0 unspecified atom stereocenters. The summed E-state index contributed by atoms with van der Waals surface area (Å²) in [5.41, 5.74) is 2.74. The van der Waals surface area contributed by atoms with Gasteiger partial charge in [-0.1, -0.05) is 6.07 Å². The Morgan fingerprint density at radius 2 is 1.71 bits per heavy atom. The van der Waals surface area contributed by atoms with Gasteiger partial charge in [0.15, 0.2) is 6.61 Å². The van der Waals surface area contributed by atoms with E-state index < -0.39 is 11.9 Å². The molecule has 1 aromatic heterocycles. The van der Waals surface area contributed by atoms with Gasteiger partial charge in [0.2, 0.25) is 5.76 Å². The Balaban J connectivity index is 1.86. The molecule has 1 heterocycles. The lowest BCUT2D eigenvalue weighted by molar-refractivity contribution is -0.147. The molecule has 0 saturated carbocycles. The monoisotopic (exact) mass is 332 g/mol. The summed E-state index contributed by atoms with van der Waals surface area (Å²) < 4.78 is 20.4. The van der Waals surface area contributed by atoms with Crippen LogP contribution in [-0.4, -0.2) is 25.7 Å². The fourth-order valence-electron chi connectivity index (χ4n) is 2.27. The van der Waals surface area contributed by atoms with Crippen molar-refractivity contribution in [2.75, 3.05) is 13.7 Å². The summed E-state index contributed by atoms with van der Waals surface area (Å²) in [6.07, 6.45) is 0. The summed E-state index contributed by atoms with van der Waals surface area (Å²) in [5.74, 6) is 0.0000120. The number of hydrogen-bond donors (Lipinski definition) is 0. The van der Waals surface area contributed by atoms with E-state index in [1.54, 1.807) is 13.0 Å². The van der Waals surface area contributed by atoms with E-state index in [-0.39, 0.29) is 19.0 Å². The van der Waals surface area contributed by atoms with Crippen LogP contribution < -0.4 is 4.74 Å². The van der Waals surface area contributed by atoms with E-state index in [4.69, 9.17) is 13.9 Å². The standard InChI is InChI=1S/C18H20O6/c1-11-5-12(2)7-14(6-11)22-10-16(19)23-9-15-8-13(3)17(24-15)18(20)21-4/h5-8H,9-10H2,1-4H3. The van der Waals surface area contributed by atoms with Crippen LogP contribution in [0.15, 0.2) is 28.7 Å². The highest BCUT2D eigenvalue weighted by Gasteiger charge is 2.17. The van der Waals surface area contributed by atoms with E-state index in [9.17, 15) is 9.59 Å². The normalized spacial score (nSPS) is 10.3. The minimum Gasteiger partial charge on any atom is -0.482 e. The SMILES string of the molecule is COC(=O)c1oc(COC(=O)COc2cc(C)cc(C)c2)cc1C. The maximum atomic E-state index is 11.8. The average molecular weight is 332 g/mol. The molecular formula is C18H20O6. The van der Waals surface area contributed by atoms with Crippen LogP contribution in [-0.2, 0) is 20.9 Å². The van der Waals surface area contributed by atoms with Gasteiger partial charge in [0.1, 0.15) is 18.1 Å². The number of carbonyl (C=O) groups excluding carboxylic acids is 2. The molecule has 24 heavy (non-hydrogen) atoms. The van der Waals surface area contributed by atoms with Gasteiger partial charge < -0.3 is 18.6 Å². The van der Waals surface area contributed by atoms with Crippen molar-refractivity contribution in [1.29, 1.82) is 0 Å². The summed E-state index contributed by atoms with van der Waals surface area (Å²) in [6.45, 7) is 5.34. The topological polar surface area (TPSA) is 75.0 Å². The molecule has 128 valence electrons. The Hall–Kier alpha value is -2.76. The molecule has 0 aliphatic heterocycles. The van der Waals surface area contributed by atoms with Crippen molar-refractivity contribution in [2.24, 2.45) is 0 Å². The minimum absolute atomic E-state index is 0.0765. The molecule has 1 aromatic carbocycles. The van der Waals surface area contributed by atoms with Crippen LogP contribution in [0.3, 0.4) is 0 Å². The van der Waals surface area contributed by atoms with Gasteiger partial charge >= 0.3 is 11.9 Å². The summed E-state index contributed by atoms with van der Waals surface area (Å²) in [7, 11) is 1.27. The van der Waals surface area contributed by atoms with Crippen molar-refractivity contribution in [3.05, 3.63) is 52.5 Å². The first kappa shape index (κ1) is 17.6. The van der Waals surface area contributed by atoms with Gasteiger partial charge in [-0.05, 0) is 50.1 Å². The summed E-state index contributed by atoms with van der Waals surface area (Å²) in [4.78, 5) is 23.2. The predicted molar refractivity (Wildman–Crippen MR) is 86.0 cm³/mol. The van der Waals surface area contributed by atoms with E-state index in [1.807, 2.05) is 32.0 Å². The maximum Gasteiger partial charge on any atom is 0.374 e. The number of hydrogen-bond acceptors (Lipinski definition) is 6. The van der Waals surface area contributed by atoms with Crippen molar-refractivity contribution in [1.82, 2.24) is 0 Å². The first-order valence-electron chi connectivity index (χ1n) is 7.43. The van der Waals surface area contributed by atoms with Crippen molar-refractivity contribution in [3.63, 3.8) is 0 Å². The maximum absolute atomic E-state index is 11.8. The summed E-state index contributed by atoms with van der Waals surface area (Å²) in [5, 5.41) is 0. The molecule has 0 radical (unpaired) electrons. The highest BCUT2D eigenvalue weighted by atomic mass is 16.6. The molecule has 0 saturated heterocycles. The predicted octanol–water partition coefficient (Wildman–Crippen LogP) is 3.11. The molecule has 0 bridgehead atoms. The lowest BCUT2D eigenvalue weighted by Gasteiger charge is -2.08. The number of benzene rings is 1. The first-order valence-corrected chi connectivity index (χ1v) is 7.43. The second-order valence-corrected chi connectivity index (χ2v) is 5.49. The fourth-order valence-corrected chi connectivity index (χ4v) is 2.27. The Labute approximate surface area is 140 Å². The lowest BCUT2D eigenvalue weighted by Crippen LogP contribution is -2.14. The Bertz CT molecular complexity index is 724. The molecular weight excluding hydrogens is 312 g/mol. The van der Waals surface area contributed by atoms with Gasteiger partial charge in [0, 0.05) is 5.56 Å². The average Bonchev–Trinajstić information content (AvgIpc) is 2.90. The minimum atomic E-state index is -0.566. The number of methoxy groups -OCH3 is 1. The van der Waals surface area contributed by atoms with E-state index >= 15 is 0 Å². The molecule has 2 aromatic rings. The molecule has 6 nitrogen and oxygen atoms in total. The van der Waals surface area contributed by atoms with Gasteiger partial charge in [-0.15, -0.1) is 0 Å². The molecule has 2 rings (SSSR count). The van der Waals surface area contributed by atoms with Crippen molar-refractivity contribution >= 4 is 11.9 Å². The molecule has 0 aliphatic carbocycles. The van der Waals surface area contributed by atoms with Gasteiger partial charge in [-0.3, -0.25) is 0 Å². The van der Waals surface area contributed by atoms with Crippen LogP contribution in [0.2, 0.25) is 0 Å². The second-order valence-electron chi connectivity index (χ2n) is 5.49. The highest BCUT2D eigenvalue weighted by molar-refractivity contribution is 5.87. The van der Waals surface area contributed by atoms with Crippen LogP contribution in [0.1, 0.15) is 33.0 Å². The number of furan rings is 1. The van der Waals surface area contributed by atoms with Gasteiger partial charge in [-0.2, -0.15) is 0 Å².